The van der Waals surface area contributed by atoms with Crippen molar-refractivity contribution in [3.8, 4) is 5.75 Å². The van der Waals surface area contributed by atoms with E-state index >= 15 is 0 Å². The van der Waals surface area contributed by atoms with E-state index < -0.39 is 16.1 Å². The molecule has 1 aliphatic heterocycles. The van der Waals surface area contributed by atoms with Crippen LogP contribution in [0.2, 0.25) is 0 Å². The summed E-state index contributed by atoms with van der Waals surface area (Å²) in [5, 5.41) is 2.87. The molecule has 170 valence electrons. The number of aryl methyl sites for hydroxylation is 1. The lowest BCUT2D eigenvalue weighted by Gasteiger charge is -2.35. The molecular weight excluding hydrogens is 418 g/mol. The maximum absolute atomic E-state index is 13.4. The molecule has 0 unspecified atom stereocenters. The zero-order chi connectivity index (χ0) is 22.4. The van der Waals surface area contributed by atoms with E-state index in [9.17, 15) is 13.2 Å². The smallest absolute Gasteiger partial charge is 0.304 e. The standard InChI is InChI=1S/C22H31N3O5S/c1-4-25(19-9-12-20(13-10-19)29-5-2)31(27,28)24-14-6-7-18(16-24)22(26)23-15-21-11-8-17(3)30-21/h8-13,18H,4-7,14-16H2,1-3H3,(H,23,26)/t18-/m0/s1. The molecule has 0 spiro atoms. The summed E-state index contributed by atoms with van der Waals surface area (Å²) in [5.74, 6) is 1.62. The average molecular weight is 450 g/mol. The number of nitrogens with zero attached hydrogens (tertiary/aromatic N) is 2. The largest absolute Gasteiger partial charge is 0.494 e. The van der Waals surface area contributed by atoms with Crippen LogP contribution in [0.15, 0.2) is 40.8 Å². The molecule has 1 aromatic heterocycles. The first-order valence-corrected chi connectivity index (χ1v) is 12.1. The summed E-state index contributed by atoms with van der Waals surface area (Å²) in [6, 6.07) is 10.7. The summed E-state index contributed by atoms with van der Waals surface area (Å²) < 4.78 is 40.4. The van der Waals surface area contributed by atoms with Crippen LogP contribution in [-0.4, -0.2) is 44.9 Å². The predicted octanol–water partition coefficient (Wildman–Crippen LogP) is 3.09. The highest BCUT2D eigenvalue weighted by atomic mass is 32.2. The molecule has 9 heteroatoms. The first-order chi connectivity index (χ1) is 14.8. The lowest BCUT2D eigenvalue weighted by molar-refractivity contribution is -0.126. The molecule has 1 aliphatic rings. The molecule has 0 aliphatic carbocycles. The van der Waals surface area contributed by atoms with Crippen LogP contribution in [0, 0.1) is 12.8 Å². The molecule has 1 fully saturated rings. The first-order valence-electron chi connectivity index (χ1n) is 10.7. The Morgan fingerprint density at radius 1 is 1.23 bits per heavy atom. The van der Waals surface area contributed by atoms with E-state index in [0.717, 1.165) is 5.76 Å². The SMILES string of the molecule is CCOc1ccc(N(CC)S(=O)(=O)N2CCC[C@H](C(=O)NCc3ccc(C)o3)C2)cc1. The fraction of sp³-hybridized carbons (Fsp3) is 0.500. The number of carbonyl (C=O) groups is 1. The van der Waals surface area contributed by atoms with Gasteiger partial charge in [0.05, 0.1) is 24.8 Å². The normalized spacial score (nSPS) is 17.3. The third kappa shape index (κ3) is 5.59. The number of nitrogens with one attached hydrogen (secondary N) is 1. The second kappa shape index (κ2) is 10.2. The van der Waals surface area contributed by atoms with Gasteiger partial charge in [0.15, 0.2) is 0 Å². The van der Waals surface area contributed by atoms with E-state index in [4.69, 9.17) is 9.15 Å². The zero-order valence-corrected chi connectivity index (χ0v) is 19.2. The molecule has 1 aromatic carbocycles. The summed E-state index contributed by atoms with van der Waals surface area (Å²) >= 11 is 0. The van der Waals surface area contributed by atoms with Crippen LogP contribution < -0.4 is 14.4 Å². The number of rotatable bonds is 9. The van der Waals surface area contributed by atoms with Gasteiger partial charge >= 0.3 is 10.2 Å². The number of ether oxygens (including phenoxy) is 1. The Hall–Kier alpha value is -2.52. The van der Waals surface area contributed by atoms with Gasteiger partial charge in [-0.2, -0.15) is 12.7 Å². The highest BCUT2D eigenvalue weighted by molar-refractivity contribution is 7.90. The minimum Gasteiger partial charge on any atom is -0.494 e. The van der Waals surface area contributed by atoms with Crippen molar-refractivity contribution in [3.63, 3.8) is 0 Å². The van der Waals surface area contributed by atoms with Crippen LogP contribution in [0.1, 0.15) is 38.2 Å². The number of amides is 1. The third-order valence-corrected chi connectivity index (χ3v) is 7.33. The van der Waals surface area contributed by atoms with Crippen molar-refractivity contribution in [2.24, 2.45) is 5.92 Å². The Morgan fingerprint density at radius 3 is 2.58 bits per heavy atom. The zero-order valence-electron chi connectivity index (χ0n) is 18.3. The van der Waals surface area contributed by atoms with Gasteiger partial charge in [-0.1, -0.05) is 0 Å². The van der Waals surface area contributed by atoms with Crippen molar-refractivity contribution in [2.75, 3.05) is 30.5 Å². The molecule has 0 bridgehead atoms. The molecule has 1 saturated heterocycles. The summed E-state index contributed by atoms with van der Waals surface area (Å²) in [6.07, 6.45) is 1.29. The van der Waals surface area contributed by atoms with Crippen LogP contribution in [0.3, 0.4) is 0 Å². The molecule has 31 heavy (non-hydrogen) atoms. The van der Waals surface area contributed by atoms with Gasteiger partial charge in [0.2, 0.25) is 5.91 Å². The van der Waals surface area contributed by atoms with Crippen molar-refractivity contribution < 1.29 is 22.4 Å². The van der Waals surface area contributed by atoms with Gasteiger partial charge in [-0.3, -0.25) is 9.10 Å². The van der Waals surface area contributed by atoms with Gasteiger partial charge in [-0.15, -0.1) is 0 Å². The monoisotopic (exact) mass is 449 g/mol. The van der Waals surface area contributed by atoms with Crippen LogP contribution in [-0.2, 0) is 21.5 Å². The van der Waals surface area contributed by atoms with Crippen LogP contribution >= 0.6 is 0 Å². The van der Waals surface area contributed by atoms with E-state index in [1.54, 1.807) is 31.2 Å². The van der Waals surface area contributed by atoms with Crippen molar-refractivity contribution in [2.45, 2.75) is 40.2 Å². The Balaban J connectivity index is 1.67. The van der Waals surface area contributed by atoms with Gasteiger partial charge in [-0.05, 0) is 70.0 Å². The molecule has 8 nitrogen and oxygen atoms in total. The molecule has 2 aromatic rings. The van der Waals surface area contributed by atoms with Gasteiger partial charge < -0.3 is 14.5 Å². The number of hydrogen-bond donors (Lipinski definition) is 1. The summed E-state index contributed by atoms with van der Waals surface area (Å²) in [4.78, 5) is 12.7. The maximum atomic E-state index is 13.4. The van der Waals surface area contributed by atoms with Crippen molar-refractivity contribution in [1.29, 1.82) is 0 Å². The van der Waals surface area contributed by atoms with Crippen molar-refractivity contribution in [1.82, 2.24) is 9.62 Å². The Labute approximate surface area is 184 Å². The van der Waals surface area contributed by atoms with E-state index in [0.29, 0.717) is 56.3 Å². The highest BCUT2D eigenvalue weighted by Gasteiger charge is 2.35. The molecule has 3 rings (SSSR count). The fourth-order valence-corrected chi connectivity index (χ4v) is 5.48. The molecule has 1 atom stereocenters. The fourth-order valence-electron chi connectivity index (χ4n) is 3.76. The van der Waals surface area contributed by atoms with E-state index in [1.165, 1.54) is 8.61 Å². The summed E-state index contributed by atoms with van der Waals surface area (Å²) in [5.41, 5.74) is 0.575. The number of piperidine rings is 1. The van der Waals surface area contributed by atoms with Gasteiger partial charge in [0.25, 0.3) is 0 Å². The van der Waals surface area contributed by atoms with Crippen molar-refractivity contribution in [3.05, 3.63) is 47.9 Å². The van der Waals surface area contributed by atoms with E-state index in [2.05, 4.69) is 5.32 Å². The highest BCUT2D eigenvalue weighted by Crippen LogP contribution is 2.27. The Kier molecular flexibility index (Phi) is 7.61. The predicted molar refractivity (Wildman–Crippen MR) is 119 cm³/mol. The summed E-state index contributed by atoms with van der Waals surface area (Å²) in [7, 11) is -3.76. The first kappa shape index (κ1) is 23.1. The number of anilines is 1. The number of furan rings is 1. The minimum absolute atomic E-state index is 0.155. The second-order valence-electron chi connectivity index (χ2n) is 7.53. The molecule has 1 amide bonds. The molecule has 2 heterocycles. The lowest BCUT2D eigenvalue weighted by atomic mass is 9.99. The number of benzene rings is 1. The van der Waals surface area contributed by atoms with Crippen LogP contribution in [0.4, 0.5) is 5.69 Å². The van der Waals surface area contributed by atoms with Gasteiger partial charge in [0.1, 0.15) is 17.3 Å². The number of hydrogen-bond acceptors (Lipinski definition) is 5. The number of carbonyl (C=O) groups excluding carboxylic acids is 1. The summed E-state index contributed by atoms with van der Waals surface area (Å²) in [6.45, 7) is 7.24. The van der Waals surface area contributed by atoms with E-state index in [1.807, 2.05) is 26.0 Å². The molecule has 1 N–H and O–H groups in total. The molecule has 0 radical (unpaired) electrons. The Bertz CT molecular complexity index is 971. The molecular formula is C22H31N3O5S. The van der Waals surface area contributed by atoms with Gasteiger partial charge in [-0.25, -0.2) is 0 Å². The third-order valence-electron chi connectivity index (χ3n) is 5.32. The topological polar surface area (TPSA) is 92.1 Å². The second-order valence-corrected chi connectivity index (χ2v) is 9.38. The lowest BCUT2D eigenvalue weighted by Crippen LogP contribution is -2.50. The maximum Gasteiger partial charge on any atom is 0.304 e. The van der Waals surface area contributed by atoms with Crippen LogP contribution in [0.25, 0.3) is 0 Å². The minimum atomic E-state index is -3.76. The van der Waals surface area contributed by atoms with Crippen LogP contribution in [0.5, 0.6) is 5.75 Å². The van der Waals surface area contributed by atoms with E-state index in [-0.39, 0.29) is 12.5 Å². The quantitative estimate of drug-likeness (QED) is 0.635. The molecule has 0 saturated carbocycles. The van der Waals surface area contributed by atoms with Crippen molar-refractivity contribution >= 4 is 21.8 Å². The Morgan fingerprint density at radius 2 is 1.97 bits per heavy atom. The van der Waals surface area contributed by atoms with Gasteiger partial charge in [0, 0.05) is 19.6 Å². The average Bonchev–Trinajstić information content (AvgIpc) is 3.19.